The van der Waals surface area contributed by atoms with Crippen LogP contribution in [0.4, 0.5) is 0 Å². The summed E-state index contributed by atoms with van der Waals surface area (Å²) in [6.07, 6.45) is 7.76. The lowest BCUT2D eigenvalue weighted by atomic mass is 9.45. The maximum Gasteiger partial charge on any atom is 0.159 e. The lowest BCUT2D eigenvalue weighted by Gasteiger charge is -2.60. The van der Waals surface area contributed by atoms with Crippen LogP contribution in [0.5, 0.6) is 0 Å². The quantitative estimate of drug-likeness (QED) is 0.668. The number of rotatable bonds is 0. The Bertz CT molecular complexity index is 582. The van der Waals surface area contributed by atoms with E-state index in [1.165, 1.54) is 6.42 Å². The van der Waals surface area contributed by atoms with Gasteiger partial charge in [-0.1, -0.05) is 19.9 Å². The highest BCUT2D eigenvalue weighted by atomic mass is 16.3. The smallest absolute Gasteiger partial charge is 0.159 e. The fraction of sp³-hybridized carbons (Fsp3) is 0.857. The molecule has 0 heterocycles. The lowest BCUT2D eigenvalue weighted by molar-refractivity contribution is -0.153. The summed E-state index contributed by atoms with van der Waals surface area (Å²) >= 11 is 0. The summed E-state index contributed by atoms with van der Waals surface area (Å²) in [4.78, 5) is 12.6. The van der Waals surface area contributed by atoms with E-state index in [4.69, 9.17) is 0 Å². The minimum atomic E-state index is -0.574. The first-order chi connectivity index (χ1) is 11.3. The molecule has 0 radical (unpaired) electrons. The van der Waals surface area contributed by atoms with Crippen LogP contribution >= 0.6 is 0 Å². The molecule has 0 aromatic rings. The summed E-state index contributed by atoms with van der Waals surface area (Å²) in [5.74, 6) is 2.59. The minimum absolute atomic E-state index is 0.0724. The number of aliphatic hydroxyl groups is 2. The Hall–Kier alpha value is -0.670. The molecule has 2 N–H and O–H groups in total. The van der Waals surface area contributed by atoms with E-state index < -0.39 is 12.2 Å². The van der Waals surface area contributed by atoms with Gasteiger partial charge in [-0.2, -0.15) is 0 Å². The van der Waals surface area contributed by atoms with Crippen LogP contribution in [0.2, 0.25) is 0 Å². The van der Waals surface area contributed by atoms with Gasteiger partial charge < -0.3 is 10.2 Å². The van der Waals surface area contributed by atoms with E-state index in [-0.39, 0.29) is 10.8 Å². The van der Waals surface area contributed by atoms with Crippen molar-refractivity contribution in [3.8, 4) is 0 Å². The SMILES string of the molecule is C/C=C1\C(=O)C[C@H]2[C@@H]3CC[C@H]4C[C@@H](O)[C@@H](O)C[C@]4(C)[C@H]3CC[C@]12C. The van der Waals surface area contributed by atoms with Crippen molar-refractivity contribution >= 4 is 5.78 Å². The normalized spacial score (nSPS) is 55.9. The van der Waals surface area contributed by atoms with Crippen molar-refractivity contribution in [2.75, 3.05) is 0 Å². The van der Waals surface area contributed by atoms with Gasteiger partial charge in [0.2, 0.25) is 0 Å². The maximum atomic E-state index is 12.6. The third-order valence-electron chi connectivity index (χ3n) is 8.68. The highest BCUT2D eigenvalue weighted by molar-refractivity contribution is 5.99. The number of aliphatic hydroxyl groups excluding tert-OH is 2. The van der Waals surface area contributed by atoms with Crippen LogP contribution in [0.1, 0.15) is 65.7 Å². The molecule has 0 unspecified atom stereocenters. The number of hydrogen-bond donors (Lipinski definition) is 2. The molecule has 8 atom stereocenters. The first-order valence-electron chi connectivity index (χ1n) is 9.87. The second kappa shape index (κ2) is 5.41. The van der Waals surface area contributed by atoms with Gasteiger partial charge >= 0.3 is 0 Å². The Balaban J connectivity index is 1.67. The molecule has 4 rings (SSSR count). The Morgan fingerprint density at radius 3 is 2.54 bits per heavy atom. The molecule has 0 amide bonds. The number of ketones is 1. The van der Waals surface area contributed by atoms with Crippen molar-refractivity contribution in [2.24, 2.45) is 34.5 Å². The summed E-state index contributed by atoms with van der Waals surface area (Å²) in [6.45, 7) is 6.70. The Morgan fingerprint density at radius 1 is 1.08 bits per heavy atom. The molecular weight excluding hydrogens is 300 g/mol. The second-order valence-electron chi connectivity index (χ2n) is 9.52. The van der Waals surface area contributed by atoms with Crippen molar-refractivity contribution in [3.05, 3.63) is 11.6 Å². The van der Waals surface area contributed by atoms with Crippen LogP contribution in [0.25, 0.3) is 0 Å². The fourth-order valence-corrected chi connectivity index (χ4v) is 7.43. The zero-order chi connectivity index (χ0) is 17.3. The number of carbonyl (C=O) groups excluding carboxylic acids is 1. The molecule has 0 aromatic carbocycles. The van der Waals surface area contributed by atoms with Gasteiger partial charge in [0.25, 0.3) is 0 Å². The van der Waals surface area contributed by atoms with Crippen LogP contribution in [-0.2, 0) is 4.79 Å². The van der Waals surface area contributed by atoms with Gasteiger partial charge in [-0.3, -0.25) is 4.79 Å². The molecule has 0 aliphatic heterocycles. The molecular formula is C21H32O3. The lowest BCUT2D eigenvalue weighted by Crippen LogP contribution is -2.56. The van der Waals surface area contributed by atoms with Gasteiger partial charge in [0.05, 0.1) is 12.2 Å². The van der Waals surface area contributed by atoms with Crippen LogP contribution in [-0.4, -0.2) is 28.2 Å². The van der Waals surface area contributed by atoms with Crippen molar-refractivity contribution in [3.63, 3.8) is 0 Å². The molecule has 4 aliphatic carbocycles. The second-order valence-corrected chi connectivity index (χ2v) is 9.52. The summed E-state index contributed by atoms with van der Waals surface area (Å²) in [5, 5.41) is 20.4. The van der Waals surface area contributed by atoms with E-state index in [2.05, 4.69) is 19.9 Å². The molecule has 0 bridgehead atoms. The van der Waals surface area contributed by atoms with Crippen molar-refractivity contribution in [2.45, 2.75) is 77.9 Å². The Labute approximate surface area is 145 Å². The highest BCUT2D eigenvalue weighted by Crippen LogP contribution is 2.66. The molecule has 0 aromatic heterocycles. The van der Waals surface area contributed by atoms with Gasteiger partial charge in [0.1, 0.15) is 0 Å². The topological polar surface area (TPSA) is 57.5 Å². The predicted octanol–water partition coefficient (Wildman–Crippen LogP) is 3.49. The van der Waals surface area contributed by atoms with Crippen LogP contribution in [0.3, 0.4) is 0 Å². The average Bonchev–Trinajstić information content (AvgIpc) is 2.78. The number of allylic oxidation sites excluding steroid dienone is 2. The van der Waals surface area contributed by atoms with Gasteiger partial charge in [0.15, 0.2) is 5.78 Å². The number of Topliss-reactive ketones (excluding diaryl/α,β-unsaturated/α-hetero) is 1. The fourth-order valence-electron chi connectivity index (χ4n) is 7.43. The molecule has 0 saturated heterocycles. The first-order valence-corrected chi connectivity index (χ1v) is 9.87. The molecule has 3 nitrogen and oxygen atoms in total. The summed E-state index contributed by atoms with van der Waals surface area (Å²) in [5.41, 5.74) is 1.28. The zero-order valence-corrected chi connectivity index (χ0v) is 15.3. The van der Waals surface area contributed by atoms with Gasteiger partial charge in [-0.05, 0) is 85.5 Å². The molecule has 4 fully saturated rings. The number of hydrogen-bond acceptors (Lipinski definition) is 3. The van der Waals surface area contributed by atoms with E-state index in [0.29, 0.717) is 29.5 Å². The highest BCUT2D eigenvalue weighted by Gasteiger charge is 2.61. The molecule has 3 heteroatoms. The molecule has 24 heavy (non-hydrogen) atoms. The van der Waals surface area contributed by atoms with Crippen molar-refractivity contribution in [1.29, 1.82) is 0 Å². The molecule has 134 valence electrons. The van der Waals surface area contributed by atoms with Crippen molar-refractivity contribution < 1.29 is 15.0 Å². The monoisotopic (exact) mass is 332 g/mol. The summed E-state index contributed by atoms with van der Waals surface area (Å²) < 4.78 is 0. The van der Waals surface area contributed by atoms with Gasteiger partial charge in [0, 0.05) is 6.42 Å². The van der Waals surface area contributed by atoms with Crippen LogP contribution in [0, 0.1) is 34.5 Å². The largest absolute Gasteiger partial charge is 0.390 e. The minimum Gasteiger partial charge on any atom is -0.390 e. The summed E-state index contributed by atoms with van der Waals surface area (Å²) in [6, 6.07) is 0. The Morgan fingerprint density at radius 2 is 1.83 bits per heavy atom. The number of carbonyl (C=O) groups is 1. The Kier molecular flexibility index (Phi) is 3.78. The zero-order valence-electron chi connectivity index (χ0n) is 15.3. The van der Waals surface area contributed by atoms with E-state index in [1.54, 1.807) is 0 Å². The molecule has 0 spiro atoms. The van der Waals surface area contributed by atoms with Crippen LogP contribution < -0.4 is 0 Å². The third-order valence-corrected chi connectivity index (χ3v) is 8.68. The molecule has 4 saturated carbocycles. The van der Waals surface area contributed by atoms with Gasteiger partial charge in [-0.25, -0.2) is 0 Å². The molecule has 4 aliphatic rings. The third kappa shape index (κ3) is 2.07. The average molecular weight is 332 g/mol. The van der Waals surface area contributed by atoms with Crippen molar-refractivity contribution in [1.82, 2.24) is 0 Å². The van der Waals surface area contributed by atoms with Crippen LogP contribution in [0.15, 0.2) is 11.6 Å². The number of fused-ring (bicyclic) bond motifs is 5. The van der Waals surface area contributed by atoms with Gasteiger partial charge in [-0.15, -0.1) is 0 Å². The van der Waals surface area contributed by atoms with E-state index in [0.717, 1.165) is 44.1 Å². The van der Waals surface area contributed by atoms with E-state index in [9.17, 15) is 15.0 Å². The van der Waals surface area contributed by atoms with E-state index in [1.807, 2.05) is 6.92 Å². The van der Waals surface area contributed by atoms with E-state index >= 15 is 0 Å². The summed E-state index contributed by atoms with van der Waals surface area (Å²) in [7, 11) is 0. The first kappa shape index (κ1) is 16.8. The maximum absolute atomic E-state index is 12.6. The standard InChI is InChI=1S/C21H32O3/c1-4-14-17(22)10-16-13-6-5-12-9-18(23)19(24)11-21(12,3)15(13)7-8-20(14,16)2/h4,12-13,15-16,18-19,23-24H,5-11H2,1-3H3/b14-4+/t12-,13+,15-,16-,18+,19-,20+,21-/m0/s1. The predicted molar refractivity (Wildman–Crippen MR) is 93.3 cm³/mol.